The predicted molar refractivity (Wildman–Crippen MR) is 139 cm³/mol. The zero-order valence-corrected chi connectivity index (χ0v) is 20.7. The van der Waals surface area contributed by atoms with Crippen LogP contribution >= 0.6 is 11.6 Å². The lowest BCUT2D eigenvalue weighted by molar-refractivity contribution is -0.137. The Kier molecular flexibility index (Phi) is 7.40. The van der Waals surface area contributed by atoms with Gasteiger partial charge in [0.1, 0.15) is 5.82 Å². The molecule has 0 aliphatic heterocycles. The summed E-state index contributed by atoms with van der Waals surface area (Å²) in [5.74, 6) is 0.125. The van der Waals surface area contributed by atoms with Crippen LogP contribution in [-0.2, 0) is 18.0 Å². The normalized spacial score (nSPS) is 12.2. The number of carbonyl (C=O) groups excluding carboxylic acids is 2. The molecule has 2 amide bonds. The molecule has 4 aromatic rings. The second kappa shape index (κ2) is 10.5. The van der Waals surface area contributed by atoms with Crippen LogP contribution in [0.1, 0.15) is 34.5 Å². The number of hydrogen-bond donors (Lipinski definition) is 1. The molecule has 3 aromatic carbocycles. The number of carbonyl (C=O) groups is 2. The minimum atomic E-state index is -4.44. The summed E-state index contributed by atoms with van der Waals surface area (Å²) < 4.78 is 40.6. The number of nitrogens with zero attached hydrogens (tertiary/aromatic N) is 2. The number of halogens is 4. The van der Waals surface area contributed by atoms with Gasteiger partial charge in [-0.05, 0) is 53.9 Å². The van der Waals surface area contributed by atoms with Crippen LogP contribution < -0.4 is 10.2 Å². The Bertz CT molecular complexity index is 1410. The summed E-state index contributed by atoms with van der Waals surface area (Å²) in [5, 5.41) is 3.42. The van der Waals surface area contributed by atoms with E-state index in [1.165, 1.54) is 17.0 Å². The number of alkyl halides is 3. The van der Waals surface area contributed by atoms with Gasteiger partial charge in [0.05, 0.1) is 17.3 Å². The first-order valence-electron chi connectivity index (χ1n) is 11.3. The number of amides is 2. The van der Waals surface area contributed by atoms with Gasteiger partial charge in [-0.25, -0.2) is 0 Å². The lowest BCUT2D eigenvalue weighted by atomic mass is 9.98. The van der Waals surface area contributed by atoms with Crippen LogP contribution in [0.5, 0.6) is 0 Å². The van der Waals surface area contributed by atoms with Gasteiger partial charge in [0, 0.05) is 29.9 Å². The van der Waals surface area contributed by atoms with Crippen LogP contribution in [0.2, 0.25) is 5.02 Å². The first-order valence-corrected chi connectivity index (χ1v) is 11.7. The summed E-state index contributed by atoms with van der Waals surface area (Å²) in [6, 6.07) is 19.9. The molecule has 4 rings (SSSR count). The third kappa shape index (κ3) is 5.70. The Balaban J connectivity index is 1.58. The van der Waals surface area contributed by atoms with Crippen molar-refractivity contribution >= 4 is 35.4 Å². The number of aryl methyl sites for hydroxylation is 1. The van der Waals surface area contributed by atoms with E-state index in [9.17, 15) is 22.8 Å². The van der Waals surface area contributed by atoms with Gasteiger partial charge in [-0.1, -0.05) is 54.1 Å². The Morgan fingerprint density at radius 3 is 2.30 bits per heavy atom. The third-order valence-electron chi connectivity index (χ3n) is 6.08. The summed E-state index contributed by atoms with van der Waals surface area (Å²) in [6.07, 6.45) is -2.04. The molecule has 0 bridgehead atoms. The van der Waals surface area contributed by atoms with E-state index < -0.39 is 17.6 Å². The molecule has 0 aliphatic carbocycles. The molecule has 1 atom stereocenters. The summed E-state index contributed by atoms with van der Waals surface area (Å²) in [6.45, 7) is 1.88. The van der Waals surface area contributed by atoms with Crippen molar-refractivity contribution < 1.29 is 22.8 Å². The van der Waals surface area contributed by atoms with Gasteiger partial charge < -0.3 is 9.88 Å². The van der Waals surface area contributed by atoms with Crippen LogP contribution in [-0.4, -0.2) is 16.9 Å². The zero-order valence-electron chi connectivity index (χ0n) is 20.0. The molecule has 1 aromatic heterocycles. The van der Waals surface area contributed by atoms with Crippen molar-refractivity contribution in [3.8, 4) is 11.1 Å². The first-order chi connectivity index (χ1) is 17.6. The maximum absolute atomic E-state index is 13.2. The SMILES string of the molecule is CC(c1ccc(Cl)cc1)N(C=O)c1cc(NC(=O)c2ccccc2-c2ccc(C(F)(F)F)cc2)cn1C. The number of benzene rings is 3. The van der Waals surface area contributed by atoms with E-state index in [2.05, 4.69) is 5.32 Å². The summed E-state index contributed by atoms with van der Waals surface area (Å²) >= 11 is 5.98. The molecular formula is C28H23ClF3N3O2. The molecule has 0 saturated carbocycles. The fraction of sp³-hybridized carbons (Fsp3) is 0.143. The highest BCUT2D eigenvalue weighted by Gasteiger charge is 2.30. The largest absolute Gasteiger partial charge is 0.416 e. The van der Waals surface area contributed by atoms with Crippen molar-refractivity contribution in [3.05, 3.63) is 107 Å². The average Bonchev–Trinajstić information content (AvgIpc) is 3.23. The highest BCUT2D eigenvalue weighted by Crippen LogP contribution is 2.33. The molecule has 37 heavy (non-hydrogen) atoms. The van der Waals surface area contributed by atoms with E-state index >= 15 is 0 Å². The topological polar surface area (TPSA) is 54.3 Å². The molecule has 190 valence electrons. The van der Waals surface area contributed by atoms with E-state index in [0.29, 0.717) is 33.2 Å². The van der Waals surface area contributed by atoms with Crippen LogP contribution in [0.4, 0.5) is 24.7 Å². The molecule has 0 spiro atoms. The van der Waals surface area contributed by atoms with Crippen molar-refractivity contribution in [1.29, 1.82) is 0 Å². The summed E-state index contributed by atoms with van der Waals surface area (Å²) in [5.41, 5.74) is 1.86. The first kappa shape index (κ1) is 26.0. The van der Waals surface area contributed by atoms with E-state index in [1.807, 2.05) is 19.1 Å². The quantitative estimate of drug-likeness (QED) is 0.257. The Hall–Kier alpha value is -4.04. The number of hydrogen-bond acceptors (Lipinski definition) is 2. The minimum absolute atomic E-state index is 0.299. The number of anilines is 2. The molecule has 5 nitrogen and oxygen atoms in total. The Morgan fingerprint density at radius 2 is 1.68 bits per heavy atom. The maximum Gasteiger partial charge on any atom is 0.416 e. The van der Waals surface area contributed by atoms with Crippen LogP contribution in [0.25, 0.3) is 11.1 Å². The molecule has 1 unspecified atom stereocenters. The lowest BCUT2D eigenvalue weighted by Crippen LogP contribution is -2.26. The Morgan fingerprint density at radius 1 is 1.03 bits per heavy atom. The molecule has 0 saturated heterocycles. The smallest absolute Gasteiger partial charge is 0.335 e. The van der Waals surface area contributed by atoms with Gasteiger partial charge >= 0.3 is 6.18 Å². The second-order valence-corrected chi connectivity index (χ2v) is 8.95. The molecule has 1 N–H and O–H groups in total. The van der Waals surface area contributed by atoms with Crippen LogP contribution in [0.3, 0.4) is 0 Å². The van der Waals surface area contributed by atoms with E-state index in [4.69, 9.17) is 11.6 Å². The second-order valence-electron chi connectivity index (χ2n) is 8.51. The summed E-state index contributed by atoms with van der Waals surface area (Å²) in [4.78, 5) is 26.7. The molecule has 0 aliphatic rings. The third-order valence-corrected chi connectivity index (χ3v) is 6.33. The number of nitrogens with one attached hydrogen (secondary N) is 1. The van der Waals surface area contributed by atoms with Crippen molar-refractivity contribution in [2.24, 2.45) is 7.05 Å². The van der Waals surface area contributed by atoms with E-state index in [1.54, 1.807) is 60.3 Å². The zero-order chi connectivity index (χ0) is 26.7. The standard InChI is InChI=1S/C28H23ClF3N3O2/c1-18(19-9-13-22(29)14-10-19)35(17-36)26-15-23(16-34(26)2)33-27(37)25-6-4-3-5-24(25)20-7-11-21(12-8-20)28(30,31)32/h3-18H,1-2H3,(H,33,37). The highest BCUT2D eigenvalue weighted by molar-refractivity contribution is 6.30. The lowest BCUT2D eigenvalue weighted by Gasteiger charge is -2.25. The highest BCUT2D eigenvalue weighted by atomic mass is 35.5. The molecular weight excluding hydrogens is 503 g/mol. The van der Waals surface area contributed by atoms with Gasteiger partial charge in [-0.3, -0.25) is 14.5 Å². The molecule has 9 heteroatoms. The molecule has 0 fully saturated rings. The predicted octanol–water partition coefficient (Wildman–Crippen LogP) is 7.34. The van der Waals surface area contributed by atoms with Gasteiger partial charge in [0.15, 0.2) is 0 Å². The van der Waals surface area contributed by atoms with Crippen molar-refractivity contribution in [1.82, 2.24) is 4.57 Å². The fourth-order valence-corrected chi connectivity index (χ4v) is 4.22. The van der Waals surface area contributed by atoms with Crippen molar-refractivity contribution in [3.63, 3.8) is 0 Å². The van der Waals surface area contributed by atoms with Gasteiger partial charge in [-0.2, -0.15) is 13.2 Å². The van der Waals surface area contributed by atoms with Crippen molar-refractivity contribution in [2.75, 3.05) is 10.2 Å². The van der Waals surface area contributed by atoms with E-state index in [0.717, 1.165) is 24.1 Å². The van der Waals surface area contributed by atoms with Gasteiger partial charge in [-0.15, -0.1) is 0 Å². The maximum atomic E-state index is 13.2. The molecule has 0 radical (unpaired) electrons. The summed E-state index contributed by atoms with van der Waals surface area (Å²) in [7, 11) is 1.76. The minimum Gasteiger partial charge on any atom is -0.335 e. The number of rotatable bonds is 7. The van der Waals surface area contributed by atoms with Gasteiger partial charge in [0.25, 0.3) is 5.91 Å². The van der Waals surface area contributed by atoms with Crippen LogP contribution in [0, 0.1) is 0 Å². The van der Waals surface area contributed by atoms with Crippen molar-refractivity contribution in [2.45, 2.75) is 19.1 Å². The van der Waals surface area contributed by atoms with Gasteiger partial charge in [0.2, 0.25) is 6.41 Å². The van der Waals surface area contributed by atoms with E-state index in [-0.39, 0.29) is 6.04 Å². The fourth-order valence-electron chi connectivity index (χ4n) is 4.09. The Labute approximate surface area is 217 Å². The van der Waals surface area contributed by atoms with Crippen LogP contribution in [0.15, 0.2) is 85.1 Å². The molecule has 1 heterocycles. The average molecular weight is 526 g/mol. The monoisotopic (exact) mass is 525 g/mol. The number of aromatic nitrogens is 1.